The lowest BCUT2D eigenvalue weighted by atomic mass is 9.88. The van der Waals surface area contributed by atoms with Crippen molar-refractivity contribution in [1.29, 1.82) is 0 Å². The molecular weight excluding hydrogens is 769 g/mol. The Labute approximate surface area is 362 Å². The maximum absolute atomic E-state index is 6.50. The molecule has 0 saturated heterocycles. The molecule has 0 fully saturated rings. The molecule has 10 aromatic carbocycles. The van der Waals surface area contributed by atoms with Crippen LogP contribution in [0.5, 0.6) is 0 Å². The van der Waals surface area contributed by atoms with Crippen LogP contribution >= 0.6 is 0 Å². The van der Waals surface area contributed by atoms with Gasteiger partial charge in [0, 0.05) is 43.4 Å². The summed E-state index contributed by atoms with van der Waals surface area (Å²) in [6.45, 7) is 0. The zero-order chi connectivity index (χ0) is 41.4. The van der Waals surface area contributed by atoms with E-state index in [1.54, 1.807) is 0 Å². The summed E-state index contributed by atoms with van der Waals surface area (Å²) in [5.74, 6) is 0. The van der Waals surface area contributed by atoms with E-state index in [9.17, 15) is 0 Å². The molecule has 63 heavy (non-hydrogen) atoms. The number of hydrogen-bond acceptors (Lipinski definition) is 3. The van der Waals surface area contributed by atoms with Crippen molar-refractivity contribution >= 4 is 65.8 Å². The maximum Gasteiger partial charge on any atom is 0.143 e. The van der Waals surface area contributed by atoms with Gasteiger partial charge in [0.1, 0.15) is 33.5 Å². The average molecular weight is 805 g/mol. The normalized spacial score (nSPS) is 11.8. The Kier molecular flexibility index (Phi) is 7.91. The van der Waals surface area contributed by atoms with E-state index < -0.39 is 0 Å². The Bertz CT molecular complexity index is 3910. The highest BCUT2D eigenvalue weighted by atomic mass is 16.3. The summed E-state index contributed by atoms with van der Waals surface area (Å²) in [5.41, 5.74) is 19.0. The molecule has 0 aliphatic carbocycles. The first-order valence-corrected chi connectivity index (χ1v) is 21.4. The molecule has 13 rings (SSSR count). The molecule has 3 nitrogen and oxygen atoms in total. The second-order valence-corrected chi connectivity index (χ2v) is 16.3. The molecule has 294 valence electrons. The van der Waals surface area contributed by atoms with Crippen molar-refractivity contribution < 1.29 is 13.3 Å². The maximum atomic E-state index is 6.50. The largest absolute Gasteiger partial charge is 0.456 e. The Morgan fingerprint density at radius 3 is 1.35 bits per heavy atom. The minimum atomic E-state index is 0.871. The van der Waals surface area contributed by atoms with E-state index in [-0.39, 0.29) is 0 Å². The van der Waals surface area contributed by atoms with Crippen molar-refractivity contribution in [3.8, 4) is 66.8 Å². The van der Waals surface area contributed by atoms with Crippen LogP contribution in [-0.2, 0) is 0 Å². The summed E-state index contributed by atoms with van der Waals surface area (Å²) >= 11 is 0. The van der Waals surface area contributed by atoms with Crippen LogP contribution in [0.15, 0.2) is 232 Å². The van der Waals surface area contributed by atoms with Crippen molar-refractivity contribution in [3.63, 3.8) is 0 Å². The molecule has 3 heterocycles. The van der Waals surface area contributed by atoms with Gasteiger partial charge in [-0.2, -0.15) is 0 Å². The van der Waals surface area contributed by atoms with Crippen molar-refractivity contribution in [2.45, 2.75) is 0 Å². The van der Waals surface area contributed by atoms with E-state index in [1.807, 2.05) is 30.3 Å². The fourth-order valence-corrected chi connectivity index (χ4v) is 9.77. The number of rotatable bonds is 6. The monoisotopic (exact) mass is 804 g/mol. The van der Waals surface area contributed by atoms with Gasteiger partial charge in [-0.1, -0.05) is 170 Å². The zero-order valence-corrected chi connectivity index (χ0v) is 34.0. The first kappa shape index (κ1) is 35.4. The molecule has 0 N–H and O–H groups in total. The molecule has 0 aliphatic heterocycles. The quantitative estimate of drug-likeness (QED) is 0.168. The van der Waals surface area contributed by atoms with Gasteiger partial charge in [0.2, 0.25) is 0 Å². The van der Waals surface area contributed by atoms with Gasteiger partial charge < -0.3 is 13.3 Å². The number of para-hydroxylation sites is 4. The molecule has 0 atom stereocenters. The lowest BCUT2D eigenvalue weighted by Crippen LogP contribution is -1.89. The van der Waals surface area contributed by atoms with Gasteiger partial charge in [-0.25, -0.2) is 0 Å². The zero-order valence-electron chi connectivity index (χ0n) is 34.0. The van der Waals surface area contributed by atoms with E-state index in [4.69, 9.17) is 13.3 Å². The van der Waals surface area contributed by atoms with Crippen molar-refractivity contribution in [1.82, 2.24) is 0 Å². The molecule has 0 amide bonds. The van der Waals surface area contributed by atoms with Crippen LogP contribution in [0.3, 0.4) is 0 Å². The molecule has 0 radical (unpaired) electrons. The summed E-state index contributed by atoms with van der Waals surface area (Å²) in [4.78, 5) is 0. The van der Waals surface area contributed by atoms with Crippen LogP contribution in [0, 0.1) is 0 Å². The standard InChI is InChI=1S/C60H36O3/c1-4-24-52-48(18-1)49-23-10-22-47(60(49)63-52)43-16-8-14-41(35-43)39-12-7-13-40(34-39)42-15-9-17-44(36-42)57-46(32-33-56-59(57)51-20-3-6-26-54(51)62-56)38-30-28-37(29-31-38)45-21-11-27-55-58(45)50-19-2-5-25-53(50)61-55/h1-36H. The van der Waals surface area contributed by atoms with Crippen LogP contribution in [-0.4, -0.2) is 0 Å². The topological polar surface area (TPSA) is 39.4 Å². The third kappa shape index (κ3) is 5.75. The first-order valence-electron chi connectivity index (χ1n) is 21.4. The summed E-state index contributed by atoms with van der Waals surface area (Å²) in [6, 6.07) is 77.5. The smallest absolute Gasteiger partial charge is 0.143 e. The summed E-state index contributed by atoms with van der Waals surface area (Å²) in [6.07, 6.45) is 0. The van der Waals surface area contributed by atoms with Crippen LogP contribution < -0.4 is 0 Å². The second kappa shape index (κ2) is 14.1. The molecule has 13 aromatic rings. The Morgan fingerprint density at radius 1 is 0.222 bits per heavy atom. The predicted molar refractivity (Wildman–Crippen MR) is 261 cm³/mol. The highest BCUT2D eigenvalue weighted by molar-refractivity contribution is 6.17. The third-order valence-electron chi connectivity index (χ3n) is 12.7. The summed E-state index contributed by atoms with van der Waals surface area (Å²) in [5, 5.41) is 6.75. The highest BCUT2D eigenvalue weighted by Crippen LogP contribution is 2.45. The van der Waals surface area contributed by atoms with Gasteiger partial charge in [0.05, 0.1) is 0 Å². The number of furan rings is 3. The molecular formula is C60H36O3. The van der Waals surface area contributed by atoms with Crippen LogP contribution in [0.2, 0.25) is 0 Å². The van der Waals surface area contributed by atoms with E-state index in [0.29, 0.717) is 0 Å². The number of hydrogen-bond donors (Lipinski definition) is 0. The molecule has 0 spiro atoms. The third-order valence-corrected chi connectivity index (χ3v) is 12.7. The molecule has 0 aliphatic rings. The molecule has 3 heteroatoms. The van der Waals surface area contributed by atoms with Gasteiger partial charge in [0.25, 0.3) is 0 Å². The van der Waals surface area contributed by atoms with E-state index in [2.05, 4.69) is 188 Å². The van der Waals surface area contributed by atoms with Gasteiger partial charge >= 0.3 is 0 Å². The molecule has 0 bridgehead atoms. The first-order chi connectivity index (χ1) is 31.2. The fourth-order valence-electron chi connectivity index (χ4n) is 9.77. The Morgan fingerprint density at radius 2 is 0.667 bits per heavy atom. The van der Waals surface area contributed by atoms with Crippen LogP contribution in [0.25, 0.3) is 133 Å². The van der Waals surface area contributed by atoms with Crippen molar-refractivity contribution in [2.24, 2.45) is 0 Å². The molecule has 0 unspecified atom stereocenters. The van der Waals surface area contributed by atoms with Gasteiger partial charge in [-0.05, 0) is 104 Å². The van der Waals surface area contributed by atoms with Crippen LogP contribution in [0.4, 0.5) is 0 Å². The fraction of sp³-hybridized carbons (Fsp3) is 0. The Hall–Kier alpha value is -8.40. The SMILES string of the molecule is c1cc(-c2cccc(-c3cccc4c3oc3ccccc34)c2)cc(-c2cccc(-c3c(-c4ccc(-c5cccc6oc7ccccc7c56)cc4)ccc4oc5ccccc5c34)c2)c1. The van der Waals surface area contributed by atoms with E-state index in [1.165, 1.54) is 0 Å². The molecule has 3 aromatic heterocycles. The van der Waals surface area contributed by atoms with Gasteiger partial charge in [-0.15, -0.1) is 0 Å². The summed E-state index contributed by atoms with van der Waals surface area (Å²) in [7, 11) is 0. The van der Waals surface area contributed by atoms with Crippen molar-refractivity contribution in [3.05, 3.63) is 218 Å². The van der Waals surface area contributed by atoms with Gasteiger partial charge in [0.15, 0.2) is 0 Å². The van der Waals surface area contributed by atoms with Crippen molar-refractivity contribution in [2.75, 3.05) is 0 Å². The van der Waals surface area contributed by atoms with E-state index >= 15 is 0 Å². The van der Waals surface area contributed by atoms with Crippen LogP contribution in [0.1, 0.15) is 0 Å². The average Bonchev–Trinajstić information content (AvgIpc) is 4.05. The van der Waals surface area contributed by atoms with E-state index in [0.717, 1.165) is 133 Å². The Balaban J connectivity index is 0.910. The number of fused-ring (bicyclic) bond motifs is 9. The second-order valence-electron chi connectivity index (χ2n) is 16.3. The predicted octanol–water partition coefficient (Wildman–Crippen LogP) is 17.4. The van der Waals surface area contributed by atoms with Gasteiger partial charge in [-0.3, -0.25) is 0 Å². The minimum absolute atomic E-state index is 0.871. The lowest BCUT2D eigenvalue weighted by Gasteiger charge is -2.15. The summed E-state index contributed by atoms with van der Waals surface area (Å²) < 4.78 is 19.2. The molecule has 0 saturated carbocycles. The lowest BCUT2D eigenvalue weighted by molar-refractivity contribution is 0.668. The number of benzene rings is 10. The highest BCUT2D eigenvalue weighted by Gasteiger charge is 2.20. The minimum Gasteiger partial charge on any atom is -0.456 e.